The molecule has 0 aliphatic carbocycles. The number of rotatable bonds is 1. The van der Waals surface area contributed by atoms with Crippen LogP contribution < -0.4 is 0 Å². The average Bonchev–Trinajstić information content (AvgIpc) is 1.92. The van der Waals surface area contributed by atoms with Gasteiger partial charge in [0.1, 0.15) is 0 Å². The van der Waals surface area contributed by atoms with E-state index in [1.165, 1.54) is 6.07 Å². The van der Waals surface area contributed by atoms with Crippen molar-refractivity contribution in [1.82, 2.24) is 0 Å². The summed E-state index contributed by atoms with van der Waals surface area (Å²) in [4.78, 5) is 0. The third kappa shape index (κ3) is 1.78. The van der Waals surface area contributed by atoms with Crippen LogP contribution in [0.5, 0.6) is 0 Å². The van der Waals surface area contributed by atoms with Crippen LogP contribution in [0.3, 0.4) is 0 Å². The van der Waals surface area contributed by atoms with E-state index in [-0.39, 0.29) is 0 Å². The maximum absolute atomic E-state index is 12.8. The molecule has 66 valence electrons. The van der Waals surface area contributed by atoms with Gasteiger partial charge >= 0.3 is 0 Å². The van der Waals surface area contributed by atoms with Crippen LogP contribution in [0.1, 0.15) is 5.56 Å². The van der Waals surface area contributed by atoms with Gasteiger partial charge in [-0.1, -0.05) is 21.4 Å². The van der Waals surface area contributed by atoms with E-state index in [1.807, 2.05) is 0 Å². The minimum Gasteiger partial charge on any atom is -0.359 e. The van der Waals surface area contributed by atoms with Crippen molar-refractivity contribution in [3.8, 4) is 0 Å². The van der Waals surface area contributed by atoms with Gasteiger partial charge in [-0.3, -0.25) is 0 Å². The summed E-state index contributed by atoms with van der Waals surface area (Å²) in [5.74, 6) is -2.36. The highest BCUT2D eigenvalue weighted by Gasteiger charge is 2.24. The average molecular weight is 192 g/mol. The van der Waals surface area contributed by atoms with Crippen LogP contribution in [0.2, 0.25) is 0 Å². The largest absolute Gasteiger partial charge is 0.359 e. The molecule has 2 N–H and O–H groups in total. The first-order valence-electron chi connectivity index (χ1n) is 3.11. The van der Waals surface area contributed by atoms with Gasteiger partial charge in [0.15, 0.2) is 11.6 Å². The van der Waals surface area contributed by atoms with Gasteiger partial charge in [-0.15, -0.1) is 0 Å². The number of aliphatic hydroxyl groups is 2. The van der Waals surface area contributed by atoms with Gasteiger partial charge in [0.2, 0.25) is 5.53 Å². The fourth-order valence-corrected chi connectivity index (χ4v) is 1.01. The highest BCUT2D eigenvalue weighted by atomic mass is 31.0. The van der Waals surface area contributed by atoms with E-state index in [9.17, 15) is 8.78 Å². The topological polar surface area (TPSA) is 40.5 Å². The third-order valence-corrected chi connectivity index (χ3v) is 1.66. The Hall–Kier alpha value is -0.570. The second kappa shape index (κ2) is 3.05. The van der Waals surface area contributed by atoms with E-state index in [2.05, 4.69) is 0 Å². The van der Waals surface area contributed by atoms with E-state index < -0.39 is 22.7 Å². The standard InChI is InChI=1S/C7H7F2O2P/c8-5-3-1-2-4(6(5)9)7(10,11)12/h1-3,10-11H,12H2. The van der Waals surface area contributed by atoms with Crippen LogP contribution >= 0.6 is 9.24 Å². The summed E-state index contributed by atoms with van der Waals surface area (Å²) in [6.45, 7) is 0. The summed E-state index contributed by atoms with van der Waals surface area (Å²) in [6.07, 6.45) is 0. The molecule has 0 bridgehead atoms. The minimum atomic E-state index is -2.42. The maximum Gasteiger partial charge on any atom is 0.205 e. The van der Waals surface area contributed by atoms with Crippen molar-refractivity contribution in [3.63, 3.8) is 0 Å². The third-order valence-electron chi connectivity index (χ3n) is 1.35. The first-order valence-corrected chi connectivity index (χ1v) is 3.69. The Balaban J connectivity index is 3.26. The fraction of sp³-hybridized carbons (Fsp3) is 0.143. The monoisotopic (exact) mass is 192 g/mol. The van der Waals surface area contributed by atoms with Crippen LogP contribution in [0, 0.1) is 11.6 Å². The van der Waals surface area contributed by atoms with Crippen molar-refractivity contribution in [1.29, 1.82) is 0 Å². The molecule has 0 aliphatic rings. The molecular weight excluding hydrogens is 185 g/mol. The quantitative estimate of drug-likeness (QED) is 0.513. The number of benzene rings is 1. The second-order valence-electron chi connectivity index (χ2n) is 2.33. The van der Waals surface area contributed by atoms with Crippen LogP contribution in [-0.2, 0) is 5.53 Å². The van der Waals surface area contributed by atoms with Gasteiger partial charge in [0, 0.05) is 0 Å². The Kier molecular flexibility index (Phi) is 2.42. The van der Waals surface area contributed by atoms with Crippen LogP contribution in [0.25, 0.3) is 0 Å². The van der Waals surface area contributed by atoms with E-state index in [0.717, 1.165) is 12.1 Å². The molecule has 1 rings (SSSR count). The lowest BCUT2D eigenvalue weighted by atomic mass is 10.2. The molecule has 0 spiro atoms. The van der Waals surface area contributed by atoms with Gasteiger partial charge < -0.3 is 10.2 Å². The lowest BCUT2D eigenvalue weighted by Crippen LogP contribution is -2.18. The molecule has 0 saturated heterocycles. The molecule has 1 atom stereocenters. The molecule has 1 aromatic carbocycles. The maximum atomic E-state index is 12.8. The van der Waals surface area contributed by atoms with Crippen molar-refractivity contribution >= 4 is 9.24 Å². The Labute approximate surface area is 70.0 Å². The summed E-state index contributed by atoms with van der Waals surface area (Å²) in [7, 11) is 1.59. The van der Waals surface area contributed by atoms with Gasteiger partial charge in [-0.25, -0.2) is 8.78 Å². The van der Waals surface area contributed by atoms with Crippen LogP contribution in [0.15, 0.2) is 18.2 Å². The van der Waals surface area contributed by atoms with Crippen molar-refractivity contribution in [2.75, 3.05) is 0 Å². The van der Waals surface area contributed by atoms with Crippen molar-refractivity contribution in [2.24, 2.45) is 0 Å². The predicted molar refractivity (Wildman–Crippen MR) is 42.2 cm³/mol. The minimum absolute atomic E-state index is 0.507. The van der Waals surface area contributed by atoms with E-state index in [0.29, 0.717) is 0 Å². The smallest absolute Gasteiger partial charge is 0.205 e. The first-order chi connectivity index (χ1) is 5.43. The van der Waals surface area contributed by atoms with Crippen molar-refractivity contribution in [2.45, 2.75) is 5.53 Å². The summed E-state index contributed by atoms with van der Waals surface area (Å²) >= 11 is 0. The van der Waals surface area contributed by atoms with Crippen molar-refractivity contribution < 1.29 is 19.0 Å². The van der Waals surface area contributed by atoms with E-state index >= 15 is 0 Å². The summed E-state index contributed by atoms with van der Waals surface area (Å²) in [5.41, 5.74) is -2.93. The van der Waals surface area contributed by atoms with Gasteiger partial charge in [-0.2, -0.15) is 0 Å². The number of hydrogen-bond donors (Lipinski definition) is 2. The van der Waals surface area contributed by atoms with E-state index in [1.54, 1.807) is 9.24 Å². The highest BCUT2D eigenvalue weighted by Crippen LogP contribution is 2.27. The molecule has 0 aliphatic heterocycles. The molecule has 1 unspecified atom stereocenters. The van der Waals surface area contributed by atoms with Crippen molar-refractivity contribution in [3.05, 3.63) is 35.4 Å². The molecule has 0 fully saturated rings. The SMILES string of the molecule is OC(O)(P)c1cccc(F)c1F. The molecule has 1 aromatic rings. The van der Waals surface area contributed by atoms with Gasteiger partial charge in [-0.05, 0) is 6.07 Å². The summed E-state index contributed by atoms with van der Waals surface area (Å²) in [6, 6.07) is 3.18. The molecular formula is C7H7F2O2P. The number of halogens is 2. The predicted octanol–water partition coefficient (Wildman–Crippen LogP) is 0.935. The molecule has 0 radical (unpaired) electrons. The highest BCUT2D eigenvalue weighted by molar-refractivity contribution is 7.17. The van der Waals surface area contributed by atoms with Crippen LogP contribution in [0.4, 0.5) is 8.78 Å². The zero-order chi connectivity index (χ0) is 9.35. The zero-order valence-electron chi connectivity index (χ0n) is 5.96. The molecule has 0 heterocycles. The fourth-order valence-electron chi connectivity index (χ4n) is 0.788. The van der Waals surface area contributed by atoms with Gasteiger partial charge in [0.05, 0.1) is 5.56 Å². The summed E-state index contributed by atoms with van der Waals surface area (Å²) < 4.78 is 25.3. The molecule has 0 saturated carbocycles. The Morgan fingerprint density at radius 3 is 2.25 bits per heavy atom. The first kappa shape index (κ1) is 9.52. The van der Waals surface area contributed by atoms with Crippen LogP contribution in [-0.4, -0.2) is 10.2 Å². The Bertz CT molecular complexity index is 296. The molecule has 0 amide bonds. The normalized spacial score (nSPS) is 11.8. The Morgan fingerprint density at radius 2 is 1.83 bits per heavy atom. The molecule has 2 nitrogen and oxygen atoms in total. The van der Waals surface area contributed by atoms with E-state index in [4.69, 9.17) is 10.2 Å². The Morgan fingerprint density at radius 1 is 1.25 bits per heavy atom. The molecule has 5 heteroatoms. The zero-order valence-corrected chi connectivity index (χ0v) is 7.11. The van der Waals surface area contributed by atoms with Gasteiger partial charge in [0.25, 0.3) is 0 Å². The second-order valence-corrected chi connectivity index (χ2v) is 3.13. The lowest BCUT2D eigenvalue weighted by Gasteiger charge is -2.16. The molecule has 0 aromatic heterocycles. The molecule has 12 heavy (non-hydrogen) atoms. The lowest BCUT2D eigenvalue weighted by molar-refractivity contribution is -0.0857. The number of hydrogen-bond acceptors (Lipinski definition) is 2. The summed E-state index contributed by atoms with van der Waals surface area (Å²) in [5, 5.41) is 17.8.